The number of aromatic carboxylic acids is 1. The number of carboxylic acid groups (broad SMARTS) is 1. The number of pyridine rings is 1. The monoisotopic (exact) mass is 521 g/mol. The lowest BCUT2D eigenvalue weighted by Crippen LogP contribution is -2.42. The van der Waals surface area contributed by atoms with Crippen LogP contribution in [0.3, 0.4) is 0 Å². The van der Waals surface area contributed by atoms with Crippen LogP contribution in [-0.4, -0.2) is 30.2 Å². The fourth-order valence-electron chi connectivity index (χ4n) is 3.81. The number of hydrogen-bond donors (Lipinski definition) is 2. The van der Waals surface area contributed by atoms with Gasteiger partial charge in [0.05, 0.1) is 6.54 Å². The summed E-state index contributed by atoms with van der Waals surface area (Å²) in [6.07, 6.45) is 0. The fourth-order valence-corrected chi connectivity index (χ4v) is 3.94. The summed E-state index contributed by atoms with van der Waals surface area (Å²) in [5.41, 5.74) is 1.68. The van der Waals surface area contributed by atoms with Gasteiger partial charge in [-0.1, -0.05) is 29.8 Å². The summed E-state index contributed by atoms with van der Waals surface area (Å²) in [7, 11) is 0. The molecule has 0 saturated heterocycles. The number of rotatable bonds is 8. The van der Waals surface area contributed by atoms with Gasteiger partial charge in [-0.25, -0.2) is 23.9 Å². The van der Waals surface area contributed by atoms with E-state index in [2.05, 4.69) is 15.3 Å². The number of carbonyl (C=O) groups is 1. The fraction of sp³-hybridized carbons (Fsp3) is 0.192. The van der Waals surface area contributed by atoms with E-state index < -0.39 is 17.3 Å². The van der Waals surface area contributed by atoms with Crippen LogP contribution in [0.25, 0.3) is 0 Å². The second-order valence-corrected chi connectivity index (χ2v) is 8.72. The van der Waals surface area contributed by atoms with Gasteiger partial charge in [-0.15, -0.1) is 0 Å². The number of halogens is 1. The van der Waals surface area contributed by atoms with E-state index >= 15 is 0 Å². The molecule has 2 heterocycles. The molecule has 0 unspecified atom stereocenters. The normalized spacial score (nSPS) is 10.8. The quantitative estimate of drug-likeness (QED) is 0.350. The van der Waals surface area contributed by atoms with Crippen LogP contribution >= 0.6 is 11.6 Å². The number of carboxylic acids is 1. The highest BCUT2D eigenvalue weighted by atomic mass is 35.5. The molecule has 190 valence electrons. The van der Waals surface area contributed by atoms with E-state index in [0.29, 0.717) is 16.5 Å². The average molecular weight is 522 g/mol. The zero-order chi connectivity index (χ0) is 26.7. The van der Waals surface area contributed by atoms with Crippen molar-refractivity contribution in [3.63, 3.8) is 0 Å². The second-order valence-electron chi connectivity index (χ2n) is 8.28. The Balaban J connectivity index is 1.70. The lowest BCUT2D eigenvalue weighted by Gasteiger charge is -2.18. The summed E-state index contributed by atoms with van der Waals surface area (Å²) in [5.74, 6) is -0.464. The van der Waals surface area contributed by atoms with Crippen LogP contribution in [0.15, 0.2) is 64.2 Å². The Morgan fingerprint density at radius 3 is 2.32 bits per heavy atom. The van der Waals surface area contributed by atoms with Gasteiger partial charge in [0.25, 0.3) is 0 Å². The summed E-state index contributed by atoms with van der Waals surface area (Å²) < 4.78 is 8.25. The maximum Gasteiger partial charge on any atom is 0.354 e. The average Bonchev–Trinajstić information content (AvgIpc) is 2.85. The molecule has 0 aliphatic carbocycles. The van der Waals surface area contributed by atoms with Crippen LogP contribution in [0.2, 0.25) is 5.02 Å². The van der Waals surface area contributed by atoms with Crippen molar-refractivity contribution >= 4 is 29.2 Å². The molecule has 2 aromatic heterocycles. The molecule has 0 aliphatic heterocycles. The van der Waals surface area contributed by atoms with Gasteiger partial charge < -0.3 is 15.2 Å². The van der Waals surface area contributed by atoms with Crippen LogP contribution in [0, 0.1) is 13.8 Å². The van der Waals surface area contributed by atoms with Gasteiger partial charge in [0.2, 0.25) is 11.8 Å². The Morgan fingerprint density at radius 1 is 1.03 bits per heavy atom. The number of aromatic nitrogens is 4. The van der Waals surface area contributed by atoms with Gasteiger partial charge in [-0.05, 0) is 67.8 Å². The number of nitrogens with one attached hydrogen (secondary N) is 1. The maximum absolute atomic E-state index is 13.2. The molecule has 10 nitrogen and oxygen atoms in total. The van der Waals surface area contributed by atoms with Crippen molar-refractivity contribution in [2.24, 2.45) is 0 Å². The molecule has 0 saturated carbocycles. The molecule has 0 radical (unpaired) electrons. The van der Waals surface area contributed by atoms with Crippen molar-refractivity contribution in [3.05, 3.63) is 103 Å². The zero-order valence-electron chi connectivity index (χ0n) is 20.4. The van der Waals surface area contributed by atoms with Gasteiger partial charge in [-0.2, -0.15) is 4.98 Å². The predicted octanol–water partition coefficient (Wildman–Crippen LogP) is 4.37. The van der Waals surface area contributed by atoms with Gasteiger partial charge in [-0.3, -0.25) is 4.57 Å². The molecule has 0 fully saturated rings. The molecule has 2 aromatic carbocycles. The Morgan fingerprint density at radius 2 is 1.70 bits per heavy atom. The van der Waals surface area contributed by atoms with E-state index in [1.807, 2.05) is 13.8 Å². The molecule has 0 amide bonds. The maximum atomic E-state index is 13.2. The topological polar surface area (TPSA) is 128 Å². The summed E-state index contributed by atoms with van der Waals surface area (Å²) in [4.78, 5) is 45.0. The third kappa shape index (κ3) is 5.70. The van der Waals surface area contributed by atoms with Crippen molar-refractivity contribution in [1.82, 2.24) is 19.1 Å². The number of benzene rings is 2. The lowest BCUT2D eigenvalue weighted by molar-refractivity contribution is 0.0689. The van der Waals surface area contributed by atoms with Crippen molar-refractivity contribution in [1.29, 1.82) is 0 Å². The number of aryl methyl sites for hydroxylation is 2. The van der Waals surface area contributed by atoms with Crippen LogP contribution in [0.5, 0.6) is 11.6 Å². The third-order valence-corrected chi connectivity index (χ3v) is 5.88. The lowest BCUT2D eigenvalue weighted by atomic mass is 10.1. The molecule has 37 heavy (non-hydrogen) atoms. The summed E-state index contributed by atoms with van der Waals surface area (Å²) >= 11 is 5.99. The molecule has 11 heteroatoms. The predicted molar refractivity (Wildman–Crippen MR) is 139 cm³/mol. The summed E-state index contributed by atoms with van der Waals surface area (Å²) in [6, 6.07) is 15.0. The van der Waals surface area contributed by atoms with Crippen molar-refractivity contribution < 1.29 is 14.6 Å². The smallest absolute Gasteiger partial charge is 0.354 e. The molecule has 0 bridgehead atoms. The Bertz CT molecular complexity index is 1570. The van der Waals surface area contributed by atoms with Crippen molar-refractivity contribution in [2.45, 2.75) is 33.9 Å². The first-order valence-electron chi connectivity index (χ1n) is 11.4. The zero-order valence-corrected chi connectivity index (χ0v) is 21.1. The molecule has 4 rings (SSSR count). The van der Waals surface area contributed by atoms with E-state index in [9.17, 15) is 14.4 Å². The molecule has 0 spiro atoms. The number of anilines is 2. The highest BCUT2D eigenvalue weighted by Crippen LogP contribution is 2.30. The van der Waals surface area contributed by atoms with Crippen LogP contribution in [-0.2, 0) is 13.1 Å². The van der Waals surface area contributed by atoms with E-state index in [1.165, 1.54) is 10.6 Å². The van der Waals surface area contributed by atoms with Gasteiger partial charge in [0, 0.05) is 23.3 Å². The number of nitrogens with zero attached hydrogens (tertiary/aromatic N) is 4. The van der Waals surface area contributed by atoms with Crippen LogP contribution in [0.4, 0.5) is 11.6 Å². The minimum atomic E-state index is -1.15. The highest BCUT2D eigenvalue weighted by molar-refractivity contribution is 6.30. The molecule has 0 atom stereocenters. The minimum Gasteiger partial charge on any atom is -0.477 e. The van der Waals surface area contributed by atoms with E-state index in [4.69, 9.17) is 21.4 Å². The molecule has 2 N–H and O–H groups in total. The Kier molecular flexibility index (Phi) is 7.40. The van der Waals surface area contributed by atoms with Crippen molar-refractivity contribution in [3.8, 4) is 11.6 Å². The SMILES string of the molecule is CCn1c(=O)nc(Nc2c(C)cc(Oc3cccc(C(=O)O)n3)cc2C)n(Cc2ccc(Cl)cc2)c1=O. The first kappa shape index (κ1) is 25.6. The van der Waals surface area contributed by atoms with Gasteiger partial charge in [0.1, 0.15) is 5.75 Å². The minimum absolute atomic E-state index is 0.102. The van der Waals surface area contributed by atoms with Crippen LogP contribution < -0.4 is 21.4 Å². The highest BCUT2D eigenvalue weighted by Gasteiger charge is 2.16. The standard InChI is InChI=1S/C26H24ClN5O5/c1-4-31-25(35)30-24(32(26(31)36)14-17-8-10-18(27)11-9-17)29-22-15(2)12-19(13-16(22)3)37-21-7-5-6-20(28-21)23(33)34/h5-13H,4,14H2,1-3H3,(H,33,34)(H,29,30,35). The van der Waals surface area contributed by atoms with E-state index in [-0.39, 0.29) is 30.6 Å². The van der Waals surface area contributed by atoms with Crippen molar-refractivity contribution in [2.75, 3.05) is 5.32 Å². The first-order valence-corrected chi connectivity index (χ1v) is 11.8. The Labute approximate surface area is 216 Å². The molecular weight excluding hydrogens is 498 g/mol. The first-order chi connectivity index (χ1) is 17.7. The summed E-state index contributed by atoms with van der Waals surface area (Å²) in [6.45, 7) is 5.73. The third-order valence-electron chi connectivity index (χ3n) is 5.63. The Hall–Kier alpha value is -4.44. The molecule has 4 aromatic rings. The molecular formula is C26H24ClN5O5. The summed E-state index contributed by atoms with van der Waals surface area (Å²) in [5, 5.41) is 12.9. The van der Waals surface area contributed by atoms with Crippen LogP contribution in [0.1, 0.15) is 34.1 Å². The van der Waals surface area contributed by atoms with Gasteiger partial charge in [0.15, 0.2) is 5.69 Å². The number of ether oxygens (including phenoxy) is 1. The largest absolute Gasteiger partial charge is 0.477 e. The molecule has 0 aliphatic rings. The number of hydrogen-bond acceptors (Lipinski definition) is 7. The second kappa shape index (κ2) is 10.7. The van der Waals surface area contributed by atoms with E-state index in [0.717, 1.165) is 21.3 Å². The van der Waals surface area contributed by atoms with E-state index in [1.54, 1.807) is 55.5 Å². The van der Waals surface area contributed by atoms with Gasteiger partial charge >= 0.3 is 17.3 Å².